The van der Waals surface area contributed by atoms with Crippen LogP contribution in [0.15, 0.2) is 42.6 Å². The summed E-state index contributed by atoms with van der Waals surface area (Å²) in [6.07, 6.45) is 6.42. The molecule has 6 nitrogen and oxygen atoms in total. The van der Waals surface area contributed by atoms with Gasteiger partial charge in [-0.2, -0.15) is 0 Å². The number of methoxy groups -OCH3 is 1. The highest BCUT2D eigenvalue weighted by Crippen LogP contribution is 2.27. The SMILES string of the molecule is CO[C@@H]1CCCN2C(=O)c3cccc(c3)OCCN(Cc3ncccc3F)CCCC[C@H]12. The minimum absolute atomic E-state index is 0.0477. The number of piperidine rings is 1. The van der Waals surface area contributed by atoms with Gasteiger partial charge in [0.1, 0.15) is 18.2 Å². The van der Waals surface area contributed by atoms with Gasteiger partial charge in [-0.3, -0.25) is 14.7 Å². The van der Waals surface area contributed by atoms with Crippen LogP contribution in [0.2, 0.25) is 0 Å². The zero-order valence-electron chi connectivity index (χ0n) is 18.7. The molecule has 0 spiro atoms. The van der Waals surface area contributed by atoms with Crippen molar-refractivity contribution in [1.29, 1.82) is 0 Å². The van der Waals surface area contributed by atoms with Gasteiger partial charge in [-0.1, -0.05) is 12.5 Å². The smallest absolute Gasteiger partial charge is 0.254 e. The maximum Gasteiger partial charge on any atom is 0.254 e. The summed E-state index contributed by atoms with van der Waals surface area (Å²) in [7, 11) is 1.74. The van der Waals surface area contributed by atoms with Crippen molar-refractivity contribution in [2.75, 3.05) is 33.4 Å². The van der Waals surface area contributed by atoms with Gasteiger partial charge in [0.2, 0.25) is 0 Å². The summed E-state index contributed by atoms with van der Waals surface area (Å²) in [5, 5.41) is 0. The second kappa shape index (κ2) is 10.9. The molecule has 1 saturated heterocycles. The Morgan fingerprint density at radius 3 is 2.88 bits per heavy atom. The van der Waals surface area contributed by atoms with Crippen molar-refractivity contribution in [3.63, 3.8) is 0 Å². The number of amides is 1. The molecule has 1 fully saturated rings. The van der Waals surface area contributed by atoms with Crippen LogP contribution in [0.1, 0.15) is 48.2 Å². The first kappa shape index (κ1) is 22.7. The number of carbonyl (C=O) groups is 1. The molecule has 7 heteroatoms. The van der Waals surface area contributed by atoms with E-state index in [0.29, 0.717) is 36.7 Å². The number of fused-ring (bicyclic) bond motifs is 3. The lowest BCUT2D eigenvalue weighted by molar-refractivity contribution is -0.0156. The molecule has 0 aliphatic carbocycles. The maximum atomic E-state index is 14.2. The molecule has 0 radical (unpaired) electrons. The molecule has 2 bridgehead atoms. The summed E-state index contributed by atoms with van der Waals surface area (Å²) in [5.74, 6) is 0.444. The zero-order chi connectivity index (χ0) is 22.3. The van der Waals surface area contributed by atoms with Gasteiger partial charge in [-0.25, -0.2) is 4.39 Å². The van der Waals surface area contributed by atoms with Crippen LogP contribution in [-0.4, -0.2) is 66.2 Å². The Hall–Kier alpha value is -2.51. The molecular weight excluding hydrogens is 409 g/mol. The van der Waals surface area contributed by atoms with Gasteiger partial charge in [0.05, 0.1) is 17.8 Å². The second-order valence-corrected chi connectivity index (χ2v) is 8.56. The van der Waals surface area contributed by atoms with Gasteiger partial charge < -0.3 is 14.4 Å². The van der Waals surface area contributed by atoms with Gasteiger partial charge in [-0.05, 0) is 62.6 Å². The Morgan fingerprint density at radius 1 is 1.12 bits per heavy atom. The lowest BCUT2D eigenvalue weighted by atomic mass is 9.93. The van der Waals surface area contributed by atoms with Crippen molar-refractivity contribution >= 4 is 5.91 Å². The quantitative estimate of drug-likeness (QED) is 0.723. The third-order valence-electron chi connectivity index (χ3n) is 6.47. The van der Waals surface area contributed by atoms with Crippen molar-refractivity contribution in [2.24, 2.45) is 0 Å². The van der Waals surface area contributed by atoms with E-state index in [1.54, 1.807) is 19.4 Å². The van der Waals surface area contributed by atoms with E-state index in [1.807, 2.05) is 29.2 Å². The van der Waals surface area contributed by atoms with Crippen molar-refractivity contribution in [1.82, 2.24) is 14.8 Å². The molecule has 0 N–H and O–H groups in total. The third kappa shape index (κ3) is 5.45. The average molecular weight is 442 g/mol. The lowest BCUT2D eigenvalue weighted by Gasteiger charge is -2.41. The molecular formula is C25H32FN3O3. The number of benzene rings is 1. The van der Waals surface area contributed by atoms with Gasteiger partial charge >= 0.3 is 0 Å². The molecule has 4 rings (SSSR count). The van der Waals surface area contributed by atoms with Crippen LogP contribution in [0.3, 0.4) is 0 Å². The molecule has 2 aliphatic rings. The van der Waals surface area contributed by atoms with E-state index in [2.05, 4.69) is 9.88 Å². The number of hydrogen-bond acceptors (Lipinski definition) is 5. The molecule has 1 aromatic carbocycles. The Kier molecular flexibility index (Phi) is 7.71. The van der Waals surface area contributed by atoms with E-state index in [-0.39, 0.29) is 23.9 Å². The molecule has 2 aromatic rings. The molecule has 2 aliphatic heterocycles. The number of aromatic nitrogens is 1. The van der Waals surface area contributed by atoms with E-state index >= 15 is 0 Å². The van der Waals surface area contributed by atoms with Gasteiger partial charge in [0.25, 0.3) is 5.91 Å². The molecule has 32 heavy (non-hydrogen) atoms. The zero-order valence-corrected chi connectivity index (χ0v) is 18.7. The molecule has 2 atom stereocenters. The van der Waals surface area contributed by atoms with Gasteiger partial charge in [0, 0.05) is 38.5 Å². The Morgan fingerprint density at radius 2 is 2.03 bits per heavy atom. The molecule has 3 heterocycles. The van der Waals surface area contributed by atoms with E-state index in [0.717, 1.165) is 45.2 Å². The number of rotatable bonds is 3. The highest BCUT2D eigenvalue weighted by molar-refractivity contribution is 5.95. The predicted molar refractivity (Wildman–Crippen MR) is 120 cm³/mol. The normalized spacial score (nSPS) is 23.2. The maximum absolute atomic E-state index is 14.2. The standard InChI is InChI=1S/C25H32FN3O3/c1-31-24-11-6-14-29-23(24)10-2-3-13-28(18-22-21(26)9-5-12-27-22)15-16-32-20-8-4-7-19(17-20)25(29)30/h4-5,7-9,12,17,23-24H,2-3,6,10-11,13-16,18H2,1H3/t23-,24-/m1/s1. The lowest BCUT2D eigenvalue weighted by Crippen LogP contribution is -2.51. The fourth-order valence-corrected chi connectivity index (χ4v) is 4.77. The van der Waals surface area contributed by atoms with Crippen LogP contribution in [-0.2, 0) is 11.3 Å². The Labute approximate surface area is 189 Å². The third-order valence-corrected chi connectivity index (χ3v) is 6.47. The summed E-state index contributed by atoms with van der Waals surface area (Å²) in [6.45, 7) is 3.14. The van der Waals surface area contributed by atoms with E-state index in [4.69, 9.17) is 9.47 Å². The van der Waals surface area contributed by atoms with Crippen LogP contribution >= 0.6 is 0 Å². The summed E-state index contributed by atoms with van der Waals surface area (Å²) >= 11 is 0. The fourth-order valence-electron chi connectivity index (χ4n) is 4.77. The molecule has 172 valence electrons. The fraction of sp³-hybridized carbons (Fsp3) is 0.520. The van der Waals surface area contributed by atoms with Crippen LogP contribution in [0, 0.1) is 5.82 Å². The second-order valence-electron chi connectivity index (χ2n) is 8.56. The number of pyridine rings is 1. The molecule has 1 amide bonds. The monoisotopic (exact) mass is 441 g/mol. The van der Waals surface area contributed by atoms with E-state index in [9.17, 15) is 9.18 Å². The van der Waals surface area contributed by atoms with Gasteiger partial charge in [0.15, 0.2) is 0 Å². The Balaban J connectivity index is 1.54. The van der Waals surface area contributed by atoms with Crippen molar-refractivity contribution < 1.29 is 18.7 Å². The molecule has 1 aromatic heterocycles. The number of hydrogen-bond donors (Lipinski definition) is 0. The van der Waals surface area contributed by atoms with Gasteiger partial charge in [-0.15, -0.1) is 0 Å². The highest BCUT2D eigenvalue weighted by Gasteiger charge is 2.34. The largest absolute Gasteiger partial charge is 0.492 e. The topological polar surface area (TPSA) is 54.9 Å². The summed E-state index contributed by atoms with van der Waals surface area (Å²) < 4.78 is 25.9. The Bertz CT molecular complexity index is 910. The first-order chi connectivity index (χ1) is 15.7. The van der Waals surface area contributed by atoms with Crippen molar-refractivity contribution in [3.05, 3.63) is 59.7 Å². The average Bonchev–Trinajstić information content (AvgIpc) is 2.82. The highest BCUT2D eigenvalue weighted by atomic mass is 19.1. The number of nitrogens with zero attached hydrogens (tertiary/aromatic N) is 3. The summed E-state index contributed by atoms with van der Waals surface area (Å²) in [4.78, 5) is 21.7. The summed E-state index contributed by atoms with van der Waals surface area (Å²) in [6, 6.07) is 10.5. The number of halogens is 1. The van der Waals surface area contributed by atoms with Crippen LogP contribution in [0.5, 0.6) is 5.75 Å². The van der Waals surface area contributed by atoms with E-state index in [1.165, 1.54) is 6.07 Å². The molecule has 0 saturated carbocycles. The number of carbonyl (C=O) groups excluding carboxylic acids is 1. The van der Waals surface area contributed by atoms with Crippen molar-refractivity contribution in [2.45, 2.75) is 50.8 Å². The molecule has 0 unspecified atom stereocenters. The first-order valence-electron chi connectivity index (χ1n) is 11.5. The van der Waals surface area contributed by atoms with E-state index < -0.39 is 0 Å². The van der Waals surface area contributed by atoms with Crippen LogP contribution in [0.4, 0.5) is 4.39 Å². The minimum Gasteiger partial charge on any atom is -0.492 e. The van der Waals surface area contributed by atoms with Crippen LogP contribution < -0.4 is 4.74 Å². The summed E-state index contributed by atoms with van der Waals surface area (Å²) in [5.41, 5.74) is 1.10. The predicted octanol–water partition coefficient (Wildman–Crippen LogP) is 3.91. The van der Waals surface area contributed by atoms with Crippen LogP contribution in [0.25, 0.3) is 0 Å². The minimum atomic E-state index is -0.278. The number of ether oxygens (including phenoxy) is 2. The van der Waals surface area contributed by atoms with Crippen molar-refractivity contribution in [3.8, 4) is 5.75 Å². The first-order valence-corrected chi connectivity index (χ1v) is 11.5.